The maximum atomic E-state index is 6.03. The van der Waals surface area contributed by atoms with Crippen LogP contribution >= 0.6 is 0 Å². The molecule has 2 aromatic rings. The van der Waals surface area contributed by atoms with Gasteiger partial charge in [0, 0.05) is 24.0 Å². The van der Waals surface area contributed by atoms with Gasteiger partial charge in [-0.1, -0.05) is 30.3 Å². The number of nitrogens with two attached hydrogens (primary N) is 1. The number of ether oxygens (including phenoxy) is 3. The second-order valence-corrected chi connectivity index (χ2v) is 8.40. The van der Waals surface area contributed by atoms with E-state index in [1.807, 2.05) is 6.07 Å². The van der Waals surface area contributed by atoms with E-state index in [4.69, 9.17) is 14.2 Å². The fraction of sp³-hybridized carbons (Fsp3) is 0.500. The molecule has 1 atom stereocenters. The van der Waals surface area contributed by atoms with Gasteiger partial charge in [0.25, 0.3) is 0 Å². The first-order valence-electron chi connectivity index (χ1n) is 10.2. The summed E-state index contributed by atoms with van der Waals surface area (Å²) in [5.41, 5.74) is 2.82. The zero-order valence-corrected chi connectivity index (χ0v) is 17.7. The smallest absolute Gasteiger partial charge is 0.161 e. The molecule has 28 heavy (non-hydrogen) atoms. The van der Waals surface area contributed by atoms with Crippen LogP contribution in [0.4, 0.5) is 0 Å². The number of rotatable bonds is 8. The zero-order valence-electron chi connectivity index (χ0n) is 17.7. The summed E-state index contributed by atoms with van der Waals surface area (Å²) in [6.07, 6.45) is 3.30. The molecule has 1 aliphatic rings. The van der Waals surface area contributed by atoms with Gasteiger partial charge in [0.2, 0.25) is 0 Å². The second-order valence-electron chi connectivity index (χ2n) is 8.40. The Balaban J connectivity index is 1.65. The van der Waals surface area contributed by atoms with Crippen molar-refractivity contribution in [3.63, 3.8) is 0 Å². The van der Waals surface area contributed by atoms with Crippen LogP contribution in [-0.4, -0.2) is 33.0 Å². The lowest BCUT2D eigenvalue weighted by molar-refractivity contribution is -0.672. The molecule has 0 amide bonds. The molecule has 0 bridgehead atoms. The average Bonchev–Trinajstić information content (AvgIpc) is 2.71. The highest BCUT2D eigenvalue weighted by Crippen LogP contribution is 2.43. The number of methoxy groups -OCH3 is 2. The number of quaternary nitrogens is 1. The molecule has 1 saturated heterocycles. The number of hydrogen-bond acceptors (Lipinski definition) is 3. The fourth-order valence-electron chi connectivity index (χ4n) is 4.53. The lowest BCUT2D eigenvalue weighted by Crippen LogP contribution is -2.83. The third kappa shape index (κ3) is 4.86. The molecule has 0 spiro atoms. The molecule has 0 saturated carbocycles. The van der Waals surface area contributed by atoms with Crippen LogP contribution in [0.1, 0.15) is 44.2 Å². The van der Waals surface area contributed by atoms with Crippen molar-refractivity contribution in [1.29, 1.82) is 0 Å². The van der Waals surface area contributed by atoms with Crippen LogP contribution in [0.2, 0.25) is 0 Å². The second kappa shape index (κ2) is 8.97. The van der Waals surface area contributed by atoms with Gasteiger partial charge in [0.15, 0.2) is 11.5 Å². The molecule has 1 aliphatic heterocycles. The summed E-state index contributed by atoms with van der Waals surface area (Å²) < 4.78 is 16.8. The van der Waals surface area contributed by atoms with E-state index in [0.29, 0.717) is 0 Å². The SMILES string of the molecule is COc1ccc(C[NH2+]CC[C@]2(c3ccccc3)CCOC(C)(C)C2)cc1OC. The molecule has 0 aliphatic carbocycles. The van der Waals surface area contributed by atoms with Crippen molar-refractivity contribution >= 4 is 0 Å². The first-order chi connectivity index (χ1) is 13.5. The van der Waals surface area contributed by atoms with Crippen molar-refractivity contribution in [3.05, 3.63) is 59.7 Å². The molecule has 1 heterocycles. The summed E-state index contributed by atoms with van der Waals surface area (Å²) in [4.78, 5) is 0. The topological polar surface area (TPSA) is 44.3 Å². The number of benzene rings is 2. The predicted molar refractivity (Wildman–Crippen MR) is 112 cm³/mol. The van der Waals surface area contributed by atoms with E-state index < -0.39 is 0 Å². The molecular weight excluding hydrogens is 350 g/mol. The minimum atomic E-state index is -0.0720. The third-order valence-electron chi connectivity index (χ3n) is 5.88. The summed E-state index contributed by atoms with van der Waals surface area (Å²) in [6.45, 7) is 7.29. The minimum absolute atomic E-state index is 0.0720. The van der Waals surface area contributed by atoms with Gasteiger partial charge in [-0.05, 0) is 50.5 Å². The van der Waals surface area contributed by atoms with Gasteiger partial charge in [-0.15, -0.1) is 0 Å². The van der Waals surface area contributed by atoms with Crippen molar-refractivity contribution in [2.24, 2.45) is 0 Å². The van der Waals surface area contributed by atoms with Crippen molar-refractivity contribution in [3.8, 4) is 11.5 Å². The Kier molecular flexibility index (Phi) is 6.63. The Bertz CT molecular complexity index is 760. The van der Waals surface area contributed by atoms with E-state index in [1.165, 1.54) is 11.1 Å². The first kappa shape index (κ1) is 20.7. The van der Waals surface area contributed by atoms with Gasteiger partial charge >= 0.3 is 0 Å². The van der Waals surface area contributed by atoms with Crippen molar-refractivity contribution in [1.82, 2.24) is 0 Å². The molecule has 0 radical (unpaired) electrons. The van der Waals surface area contributed by atoms with Crippen LogP contribution in [0.15, 0.2) is 48.5 Å². The van der Waals surface area contributed by atoms with Crippen LogP contribution < -0.4 is 14.8 Å². The Labute approximate surface area is 169 Å². The van der Waals surface area contributed by atoms with Gasteiger partial charge < -0.3 is 19.5 Å². The standard InChI is InChI=1S/C24H33NO3/c1-23(2)18-24(13-15-28-23,20-8-6-5-7-9-20)12-14-25-17-19-10-11-21(26-3)22(16-19)27-4/h5-11,16,25H,12-15,17-18H2,1-4H3/p+1/t24-/m0/s1. The number of hydrogen-bond donors (Lipinski definition) is 1. The van der Waals surface area contributed by atoms with E-state index in [9.17, 15) is 0 Å². The Morgan fingerprint density at radius 1 is 1.00 bits per heavy atom. The van der Waals surface area contributed by atoms with Crippen LogP contribution in [0.5, 0.6) is 11.5 Å². The maximum Gasteiger partial charge on any atom is 0.161 e. The molecule has 3 rings (SSSR count). The van der Waals surface area contributed by atoms with Gasteiger partial charge in [-0.25, -0.2) is 0 Å². The van der Waals surface area contributed by atoms with Gasteiger partial charge in [0.1, 0.15) is 6.54 Å². The van der Waals surface area contributed by atoms with Gasteiger partial charge in [-0.3, -0.25) is 0 Å². The van der Waals surface area contributed by atoms with E-state index in [-0.39, 0.29) is 11.0 Å². The largest absolute Gasteiger partial charge is 0.493 e. The Morgan fingerprint density at radius 3 is 2.43 bits per heavy atom. The molecule has 4 heteroatoms. The maximum absolute atomic E-state index is 6.03. The summed E-state index contributed by atoms with van der Waals surface area (Å²) >= 11 is 0. The normalized spacial score (nSPS) is 21.3. The van der Waals surface area contributed by atoms with E-state index in [0.717, 1.165) is 50.5 Å². The van der Waals surface area contributed by atoms with Crippen LogP contribution in [0.3, 0.4) is 0 Å². The Morgan fingerprint density at radius 2 is 1.75 bits per heavy atom. The summed E-state index contributed by atoms with van der Waals surface area (Å²) in [5, 5.41) is 2.40. The molecule has 4 nitrogen and oxygen atoms in total. The van der Waals surface area contributed by atoms with Crippen molar-refractivity contribution in [2.75, 3.05) is 27.4 Å². The van der Waals surface area contributed by atoms with E-state index >= 15 is 0 Å². The van der Waals surface area contributed by atoms with Crippen LogP contribution in [0.25, 0.3) is 0 Å². The summed E-state index contributed by atoms with van der Waals surface area (Å²) in [7, 11) is 3.35. The van der Waals surface area contributed by atoms with Gasteiger partial charge in [-0.2, -0.15) is 0 Å². The summed E-state index contributed by atoms with van der Waals surface area (Å²) in [6, 6.07) is 17.2. The lowest BCUT2D eigenvalue weighted by Gasteiger charge is -2.45. The lowest BCUT2D eigenvalue weighted by atomic mass is 9.67. The van der Waals surface area contributed by atoms with Crippen molar-refractivity contribution < 1.29 is 19.5 Å². The Hall–Kier alpha value is -2.04. The third-order valence-corrected chi connectivity index (χ3v) is 5.88. The molecule has 2 N–H and O–H groups in total. The molecule has 0 aromatic heterocycles. The molecule has 2 aromatic carbocycles. The highest BCUT2D eigenvalue weighted by molar-refractivity contribution is 5.42. The monoisotopic (exact) mass is 384 g/mol. The van der Waals surface area contributed by atoms with Crippen LogP contribution in [0, 0.1) is 0 Å². The fourth-order valence-corrected chi connectivity index (χ4v) is 4.53. The molecule has 152 valence electrons. The highest BCUT2D eigenvalue weighted by Gasteiger charge is 2.42. The van der Waals surface area contributed by atoms with E-state index in [2.05, 4.69) is 61.6 Å². The zero-order chi connectivity index (χ0) is 20.0. The predicted octanol–water partition coefficient (Wildman–Crippen LogP) is 3.68. The quantitative estimate of drug-likeness (QED) is 0.706. The minimum Gasteiger partial charge on any atom is -0.493 e. The molecular formula is C24H34NO3+. The molecule has 0 unspecified atom stereocenters. The first-order valence-corrected chi connectivity index (χ1v) is 10.2. The van der Waals surface area contributed by atoms with Crippen molar-refractivity contribution in [2.45, 2.75) is 50.7 Å². The van der Waals surface area contributed by atoms with Crippen LogP contribution in [-0.2, 0) is 16.7 Å². The van der Waals surface area contributed by atoms with E-state index in [1.54, 1.807) is 14.2 Å². The average molecular weight is 385 g/mol. The summed E-state index contributed by atoms with van der Waals surface area (Å²) in [5.74, 6) is 1.57. The molecule has 1 fully saturated rings. The van der Waals surface area contributed by atoms with Gasteiger partial charge in [0.05, 0.1) is 26.4 Å². The highest BCUT2D eigenvalue weighted by atomic mass is 16.5.